The molecule has 1 fully saturated rings. The van der Waals surface area contributed by atoms with Crippen molar-refractivity contribution in [3.63, 3.8) is 0 Å². The van der Waals surface area contributed by atoms with E-state index in [2.05, 4.69) is 0 Å². The van der Waals surface area contributed by atoms with Crippen LogP contribution in [0.1, 0.15) is 0 Å². The van der Waals surface area contributed by atoms with Crippen molar-refractivity contribution in [1.29, 1.82) is 0 Å². The Morgan fingerprint density at radius 2 is 1.71 bits per heavy atom. The predicted molar refractivity (Wildman–Crippen MR) is 44.4 cm³/mol. The Labute approximate surface area is 106 Å². The summed E-state index contributed by atoms with van der Waals surface area (Å²) in [4.78, 5) is 1.85. The fourth-order valence-electron chi connectivity index (χ4n) is 1.20. The van der Waals surface area contributed by atoms with Crippen LogP contribution in [0.15, 0.2) is 0 Å². The quantitative estimate of drug-likeness (QED) is 0.390. The number of piperazine rings is 1. The molecule has 0 aromatic rings. The van der Waals surface area contributed by atoms with E-state index in [9.17, 15) is 13.0 Å². The fraction of sp³-hybridized carbons (Fsp3) is 1.00. The van der Waals surface area contributed by atoms with Gasteiger partial charge in [0.1, 0.15) is 0 Å². The summed E-state index contributed by atoms with van der Waals surface area (Å²) in [6.07, 6.45) is 0. The van der Waals surface area contributed by atoms with E-state index in [0.717, 1.165) is 0 Å². The standard InChI is InChI=1S/C6H14N2O4S.Na/c9-8-3-1-7(2-4-8)5-6-13(10,11)12;/h9H,1-6H2,(H,10,11,12);/q;+1/p-1. The third-order valence-electron chi connectivity index (χ3n) is 2.01. The first-order chi connectivity index (χ1) is 5.97. The molecule has 0 aliphatic carbocycles. The molecule has 0 atom stereocenters. The summed E-state index contributed by atoms with van der Waals surface area (Å²) >= 11 is 0. The summed E-state index contributed by atoms with van der Waals surface area (Å²) in [7, 11) is -4.10. The Bertz CT molecular complexity index is 251. The van der Waals surface area contributed by atoms with Gasteiger partial charge in [-0.2, -0.15) is 5.06 Å². The Morgan fingerprint density at radius 1 is 1.21 bits per heavy atom. The summed E-state index contributed by atoms with van der Waals surface area (Å²) in [6, 6.07) is 0. The van der Waals surface area contributed by atoms with Crippen molar-refractivity contribution in [3.05, 3.63) is 0 Å². The molecule has 0 spiro atoms. The van der Waals surface area contributed by atoms with Crippen LogP contribution in [0.3, 0.4) is 0 Å². The molecule has 1 heterocycles. The largest absolute Gasteiger partial charge is 1.00 e. The maximum atomic E-state index is 10.3. The van der Waals surface area contributed by atoms with Crippen molar-refractivity contribution in [3.8, 4) is 0 Å². The summed E-state index contributed by atoms with van der Waals surface area (Å²) in [5.41, 5.74) is 0. The zero-order chi connectivity index (χ0) is 9.90. The molecule has 1 rings (SSSR count). The van der Waals surface area contributed by atoms with Crippen LogP contribution in [0.2, 0.25) is 0 Å². The van der Waals surface area contributed by atoms with Gasteiger partial charge in [0.25, 0.3) is 0 Å². The molecule has 0 amide bonds. The monoisotopic (exact) mass is 232 g/mol. The normalized spacial score (nSPS) is 20.4. The predicted octanol–water partition coefficient (Wildman–Crippen LogP) is -4.46. The third-order valence-corrected chi connectivity index (χ3v) is 2.69. The van der Waals surface area contributed by atoms with Crippen LogP contribution in [0.4, 0.5) is 0 Å². The smallest absolute Gasteiger partial charge is 0.748 e. The Kier molecular flexibility index (Phi) is 6.75. The Balaban J connectivity index is 0.00000169. The van der Waals surface area contributed by atoms with Crippen molar-refractivity contribution in [2.24, 2.45) is 0 Å². The van der Waals surface area contributed by atoms with Gasteiger partial charge in [-0.05, 0) is 0 Å². The molecule has 0 unspecified atom stereocenters. The van der Waals surface area contributed by atoms with Crippen LogP contribution in [0.5, 0.6) is 0 Å². The minimum absolute atomic E-state index is 0. The third kappa shape index (κ3) is 6.31. The van der Waals surface area contributed by atoms with Gasteiger partial charge in [0.2, 0.25) is 0 Å². The summed E-state index contributed by atoms with van der Waals surface area (Å²) in [5, 5.41) is 10.2. The molecule has 0 saturated carbocycles. The Hall–Kier alpha value is 0.790. The summed E-state index contributed by atoms with van der Waals surface area (Å²) in [5.74, 6) is -0.349. The van der Waals surface area contributed by atoms with Crippen molar-refractivity contribution in [1.82, 2.24) is 9.96 Å². The van der Waals surface area contributed by atoms with Gasteiger partial charge in [0.15, 0.2) is 0 Å². The number of hydrogen-bond donors (Lipinski definition) is 1. The van der Waals surface area contributed by atoms with Crippen LogP contribution >= 0.6 is 0 Å². The summed E-state index contributed by atoms with van der Waals surface area (Å²) in [6.45, 7) is 2.47. The van der Waals surface area contributed by atoms with Gasteiger partial charge in [0, 0.05) is 32.7 Å². The molecule has 1 aliphatic heterocycles. The second kappa shape index (κ2) is 6.39. The van der Waals surface area contributed by atoms with Crippen molar-refractivity contribution in [2.45, 2.75) is 0 Å². The van der Waals surface area contributed by atoms with Crippen LogP contribution in [-0.2, 0) is 10.1 Å². The molecular formula is C6H13N2NaO4S. The number of hydroxylamine groups is 2. The first-order valence-electron chi connectivity index (χ1n) is 4.07. The zero-order valence-corrected chi connectivity index (χ0v) is 11.0. The molecule has 14 heavy (non-hydrogen) atoms. The number of rotatable bonds is 3. The van der Waals surface area contributed by atoms with E-state index in [0.29, 0.717) is 26.2 Å². The van der Waals surface area contributed by atoms with Gasteiger partial charge in [0.05, 0.1) is 15.9 Å². The van der Waals surface area contributed by atoms with Gasteiger partial charge in [-0.3, -0.25) is 4.90 Å². The van der Waals surface area contributed by atoms with Crippen molar-refractivity contribution in [2.75, 3.05) is 38.5 Å². The second-order valence-corrected chi connectivity index (χ2v) is 4.58. The molecule has 8 heteroatoms. The average molecular weight is 232 g/mol. The average Bonchev–Trinajstić information content (AvgIpc) is 2.02. The van der Waals surface area contributed by atoms with Crippen molar-refractivity contribution < 1.29 is 47.7 Å². The minimum Gasteiger partial charge on any atom is -0.748 e. The fourth-order valence-corrected chi connectivity index (χ4v) is 1.68. The van der Waals surface area contributed by atoms with Gasteiger partial charge >= 0.3 is 29.6 Å². The second-order valence-electron chi connectivity index (χ2n) is 3.06. The van der Waals surface area contributed by atoms with Gasteiger partial charge in [-0.1, -0.05) is 0 Å². The Morgan fingerprint density at radius 3 is 2.14 bits per heavy atom. The maximum Gasteiger partial charge on any atom is 1.00 e. The molecule has 1 N–H and O–H groups in total. The molecule has 0 aromatic carbocycles. The van der Waals surface area contributed by atoms with E-state index in [1.165, 1.54) is 5.06 Å². The minimum atomic E-state index is -4.10. The first-order valence-corrected chi connectivity index (χ1v) is 5.65. The molecule has 0 bridgehead atoms. The molecule has 1 aliphatic rings. The van der Waals surface area contributed by atoms with E-state index < -0.39 is 10.1 Å². The first kappa shape index (κ1) is 14.8. The molecule has 0 aromatic heterocycles. The van der Waals surface area contributed by atoms with Gasteiger partial charge < -0.3 is 9.76 Å². The molecule has 78 valence electrons. The molecular weight excluding hydrogens is 219 g/mol. The molecule has 0 radical (unpaired) electrons. The number of nitrogens with zero attached hydrogens (tertiary/aromatic N) is 2. The maximum absolute atomic E-state index is 10.3. The van der Waals surface area contributed by atoms with Gasteiger partial charge in [-0.25, -0.2) is 8.42 Å². The number of hydrogen-bond acceptors (Lipinski definition) is 6. The van der Waals surface area contributed by atoms with Gasteiger partial charge in [-0.15, -0.1) is 0 Å². The topological polar surface area (TPSA) is 83.9 Å². The van der Waals surface area contributed by atoms with E-state index in [4.69, 9.17) is 5.21 Å². The van der Waals surface area contributed by atoms with Crippen LogP contribution < -0.4 is 29.6 Å². The van der Waals surface area contributed by atoms with Crippen LogP contribution in [0, 0.1) is 0 Å². The van der Waals surface area contributed by atoms with Crippen LogP contribution in [0.25, 0.3) is 0 Å². The molecule has 6 nitrogen and oxygen atoms in total. The van der Waals surface area contributed by atoms with E-state index in [1.807, 2.05) is 4.90 Å². The zero-order valence-electron chi connectivity index (χ0n) is 8.22. The van der Waals surface area contributed by atoms with Crippen molar-refractivity contribution >= 4 is 10.1 Å². The van der Waals surface area contributed by atoms with E-state index in [1.54, 1.807) is 0 Å². The van der Waals surface area contributed by atoms with Crippen LogP contribution in [-0.4, -0.2) is 66.6 Å². The summed E-state index contributed by atoms with van der Waals surface area (Å²) < 4.78 is 30.9. The van der Waals surface area contributed by atoms with E-state index in [-0.39, 0.29) is 41.9 Å². The van der Waals surface area contributed by atoms with E-state index >= 15 is 0 Å². The molecule has 1 saturated heterocycles. The SMILES string of the molecule is O=S(=O)([O-])CCN1CCN(O)CC1.[Na+].